The number of nitrogens with one attached hydrogen (secondary N) is 1. The smallest absolute Gasteiger partial charge is 0.272 e. The summed E-state index contributed by atoms with van der Waals surface area (Å²) in [4.78, 5) is 12.3. The number of rotatable bonds is 4. The number of halogens is 1. The van der Waals surface area contributed by atoms with Crippen LogP contribution in [-0.4, -0.2) is 19.0 Å². The van der Waals surface area contributed by atoms with E-state index in [4.69, 9.17) is 11.6 Å². The summed E-state index contributed by atoms with van der Waals surface area (Å²) in [5.74, 6) is -0.0437. The molecule has 0 fully saturated rings. The molecule has 0 saturated carbocycles. The van der Waals surface area contributed by atoms with Crippen LogP contribution in [0.5, 0.6) is 0 Å². The van der Waals surface area contributed by atoms with Gasteiger partial charge in [0.1, 0.15) is 0 Å². The number of H-pyrrole nitrogens is 1. The second kappa shape index (κ2) is 7.09. The van der Waals surface area contributed by atoms with Crippen LogP contribution in [0, 0.1) is 0 Å². The largest absolute Gasteiger partial charge is 0.772 e. The minimum atomic E-state index is -2.14. The molecule has 0 aliphatic carbocycles. The van der Waals surface area contributed by atoms with E-state index in [1.54, 1.807) is 54.7 Å². The summed E-state index contributed by atoms with van der Waals surface area (Å²) in [7, 11) is 0. The Kier molecular flexibility index (Phi) is 4.89. The first-order chi connectivity index (χ1) is 11.5. The van der Waals surface area contributed by atoms with E-state index in [-0.39, 0.29) is 11.3 Å². The van der Waals surface area contributed by atoms with E-state index in [0.717, 1.165) is 11.1 Å². The van der Waals surface area contributed by atoms with Gasteiger partial charge in [-0.25, -0.2) is 5.10 Å². The highest BCUT2D eigenvalue weighted by Crippen LogP contribution is 2.29. The van der Waals surface area contributed by atoms with Crippen LogP contribution in [0.3, 0.4) is 0 Å². The molecule has 1 unspecified atom stereocenters. The Morgan fingerprint density at radius 3 is 2.29 bits per heavy atom. The quantitative estimate of drug-likeness (QED) is 0.725. The minimum absolute atomic E-state index is 0.0437. The van der Waals surface area contributed by atoms with Gasteiger partial charge in [0.05, 0.1) is 11.8 Å². The number of nitrogens with zero attached hydrogens (tertiary/aromatic N) is 1. The van der Waals surface area contributed by atoms with E-state index in [9.17, 15) is 13.6 Å². The van der Waals surface area contributed by atoms with Gasteiger partial charge in [0, 0.05) is 16.3 Å². The first kappa shape index (κ1) is 16.6. The van der Waals surface area contributed by atoms with Crippen molar-refractivity contribution in [2.24, 2.45) is 0 Å². The fourth-order valence-corrected chi connectivity index (χ4v) is 3.03. The summed E-state index contributed by atoms with van der Waals surface area (Å²) in [6.45, 7) is 0. The van der Waals surface area contributed by atoms with Gasteiger partial charge in [-0.3, -0.25) is 9.00 Å². The van der Waals surface area contributed by atoms with Crippen LogP contribution in [0.4, 0.5) is 0 Å². The maximum absolute atomic E-state index is 12.3. The molecule has 24 heavy (non-hydrogen) atoms. The van der Waals surface area contributed by atoms with Crippen molar-refractivity contribution < 1.29 is 8.76 Å². The van der Waals surface area contributed by atoms with Crippen molar-refractivity contribution in [3.8, 4) is 22.3 Å². The molecule has 0 spiro atoms. The molecule has 1 heterocycles. The van der Waals surface area contributed by atoms with Crippen LogP contribution in [-0.2, 0) is 16.8 Å². The molecule has 5 nitrogen and oxygen atoms in total. The average Bonchev–Trinajstić information content (AvgIpc) is 2.56. The first-order valence-corrected chi connectivity index (χ1v) is 8.65. The Bertz CT molecular complexity index is 937. The Balaban J connectivity index is 2.08. The fraction of sp³-hybridized carbons (Fsp3) is 0.0588. The van der Waals surface area contributed by atoms with Crippen LogP contribution in [0.1, 0.15) is 5.56 Å². The summed E-state index contributed by atoms with van der Waals surface area (Å²) in [5, 5.41) is 6.90. The molecule has 0 saturated heterocycles. The van der Waals surface area contributed by atoms with Gasteiger partial charge < -0.3 is 4.55 Å². The molecule has 3 rings (SSSR count). The fourth-order valence-electron chi connectivity index (χ4n) is 2.44. The summed E-state index contributed by atoms with van der Waals surface area (Å²) in [5.41, 5.74) is 3.02. The summed E-state index contributed by atoms with van der Waals surface area (Å²) >= 11 is 3.77. The number of aromatic nitrogens is 2. The van der Waals surface area contributed by atoms with Gasteiger partial charge >= 0.3 is 0 Å². The molecule has 0 aliphatic rings. The van der Waals surface area contributed by atoms with Crippen molar-refractivity contribution in [3.63, 3.8) is 0 Å². The highest BCUT2D eigenvalue weighted by atomic mass is 35.5. The van der Waals surface area contributed by atoms with Crippen LogP contribution in [0.15, 0.2) is 59.5 Å². The Labute approximate surface area is 145 Å². The third-order valence-corrected chi connectivity index (χ3v) is 4.36. The highest BCUT2D eigenvalue weighted by Gasteiger charge is 2.12. The third-order valence-electron chi connectivity index (χ3n) is 3.54. The molecule has 0 radical (unpaired) electrons. The van der Waals surface area contributed by atoms with Crippen molar-refractivity contribution in [1.82, 2.24) is 10.2 Å². The lowest BCUT2D eigenvalue weighted by Gasteiger charge is -2.10. The van der Waals surface area contributed by atoms with E-state index < -0.39 is 11.1 Å². The molecule has 3 aromatic rings. The van der Waals surface area contributed by atoms with E-state index >= 15 is 0 Å². The number of aromatic amines is 1. The third kappa shape index (κ3) is 3.62. The topological polar surface area (TPSA) is 85.9 Å². The lowest BCUT2D eigenvalue weighted by atomic mass is 9.97. The van der Waals surface area contributed by atoms with Crippen molar-refractivity contribution in [1.29, 1.82) is 0 Å². The highest BCUT2D eigenvalue weighted by molar-refractivity contribution is 7.78. The van der Waals surface area contributed by atoms with E-state index in [1.165, 1.54) is 0 Å². The Morgan fingerprint density at radius 2 is 1.67 bits per heavy atom. The van der Waals surface area contributed by atoms with Crippen LogP contribution in [0.25, 0.3) is 22.3 Å². The van der Waals surface area contributed by atoms with Gasteiger partial charge in [-0.2, -0.15) is 5.10 Å². The van der Waals surface area contributed by atoms with Gasteiger partial charge in [-0.1, -0.05) is 59.1 Å². The van der Waals surface area contributed by atoms with Gasteiger partial charge in [0.25, 0.3) is 5.56 Å². The predicted molar refractivity (Wildman–Crippen MR) is 93.4 cm³/mol. The van der Waals surface area contributed by atoms with Crippen molar-refractivity contribution >= 4 is 22.7 Å². The van der Waals surface area contributed by atoms with E-state index in [1.807, 2.05) is 0 Å². The molecule has 0 amide bonds. The van der Waals surface area contributed by atoms with Gasteiger partial charge in [-0.05, 0) is 28.8 Å². The molecule has 0 bridgehead atoms. The van der Waals surface area contributed by atoms with Crippen molar-refractivity contribution in [2.45, 2.75) is 5.75 Å². The Morgan fingerprint density at radius 1 is 1.04 bits per heavy atom. The van der Waals surface area contributed by atoms with Crippen LogP contribution < -0.4 is 5.56 Å². The summed E-state index contributed by atoms with van der Waals surface area (Å²) < 4.78 is 21.5. The second-order valence-corrected chi connectivity index (χ2v) is 6.47. The Hall–Kier alpha value is -2.28. The molecule has 7 heteroatoms. The lowest BCUT2D eigenvalue weighted by Crippen LogP contribution is -2.12. The minimum Gasteiger partial charge on any atom is -0.772 e. The summed E-state index contributed by atoms with van der Waals surface area (Å²) in [6, 6.07) is 14.0. The number of hydrogen-bond acceptors (Lipinski definition) is 4. The maximum Gasteiger partial charge on any atom is 0.272 e. The van der Waals surface area contributed by atoms with Gasteiger partial charge in [-0.15, -0.1) is 0 Å². The molecule has 0 aliphatic heterocycles. The monoisotopic (exact) mass is 359 g/mol. The maximum atomic E-state index is 12.3. The van der Waals surface area contributed by atoms with Gasteiger partial charge in [0.15, 0.2) is 0 Å². The molecule has 2 aromatic carbocycles. The first-order valence-electron chi connectivity index (χ1n) is 7.03. The average molecular weight is 360 g/mol. The normalized spacial score (nSPS) is 12.1. The number of hydrogen-bond donors (Lipinski definition) is 1. The molecule has 1 N–H and O–H groups in total. The zero-order valence-corrected chi connectivity index (χ0v) is 13.9. The van der Waals surface area contributed by atoms with E-state index in [2.05, 4.69) is 10.2 Å². The summed E-state index contributed by atoms with van der Waals surface area (Å²) in [6.07, 6.45) is 1.58. The standard InChI is InChI=1S/C17H13ClN2O3S/c18-14-7-5-13(6-8-14)16-15(9-19-20-17(16)21)12-3-1-11(2-4-12)10-24(22)23/h1-9H,10H2,(H,20,21)(H,22,23)/p-1. The van der Waals surface area contributed by atoms with Crippen LogP contribution in [0.2, 0.25) is 5.02 Å². The van der Waals surface area contributed by atoms with Crippen molar-refractivity contribution in [2.75, 3.05) is 0 Å². The number of benzene rings is 2. The van der Waals surface area contributed by atoms with Crippen molar-refractivity contribution in [3.05, 3.63) is 75.7 Å². The van der Waals surface area contributed by atoms with Crippen LogP contribution >= 0.6 is 11.6 Å². The van der Waals surface area contributed by atoms with Gasteiger partial charge in [0.2, 0.25) is 0 Å². The molecular formula is C17H12ClN2O3S-. The predicted octanol–water partition coefficient (Wildman–Crippen LogP) is 3.14. The molecule has 1 aromatic heterocycles. The zero-order valence-electron chi connectivity index (χ0n) is 12.4. The van der Waals surface area contributed by atoms with E-state index in [0.29, 0.717) is 21.7 Å². The molecular weight excluding hydrogens is 348 g/mol. The zero-order chi connectivity index (χ0) is 17.1. The SMILES string of the molecule is O=c1[nH]ncc(-c2ccc(CS(=O)[O-])cc2)c1-c1ccc(Cl)cc1. The molecule has 1 atom stereocenters. The second-order valence-electron chi connectivity index (χ2n) is 5.14. The lowest BCUT2D eigenvalue weighted by molar-refractivity contribution is 0.536. The molecule has 122 valence electrons.